The molecule has 2 aliphatic rings. The van der Waals surface area contributed by atoms with Crippen molar-refractivity contribution in [1.29, 1.82) is 0 Å². The van der Waals surface area contributed by atoms with Gasteiger partial charge in [-0.25, -0.2) is 18.4 Å². The van der Waals surface area contributed by atoms with Crippen molar-refractivity contribution >= 4 is 35.7 Å². The van der Waals surface area contributed by atoms with E-state index < -0.39 is 48.3 Å². The summed E-state index contributed by atoms with van der Waals surface area (Å²) >= 11 is 1.21. The lowest BCUT2D eigenvalue weighted by Crippen LogP contribution is -2.70. The first kappa shape index (κ1) is 27.2. The predicted octanol–water partition coefficient (Wildman–Crippen LogP) is 3.16. The van der Waals surface area contributed by atoms with Crippen molar-refractivity contribution < 1.29 is 42.2 Å². The number of benzene rings is 1. The molecule has 1 aromatic rings. The van der Waals surface area contributed by atoms with Crippen LogP contribution >= 0.6 is 11.8 Å². The Morgan fingerprint density at radius 3 is 2.47 bits per heavy atom. The number of amides is 2. The zero-order valence-corrected chi connectivity index (χ0v) is 20.6. The fraction of sp³-hybridized carbons (Fsp3) is 0.417. The highest BCUT2D eigenvalue weighted by Crippen LogP contribution is 2.41. The Hall–Kier alpha value is -3.41. The number of ether oxygens (including phenoxy) is 3. The predicted molar refractivity (Wildman–Crippen MR) is 126 cm³/mol. The van der Waals surface area contributed by atoms with Gasteiger partial charge in [0.05, 0.1) is 12.5 Å². The van der Waals surface area contributed by atoms with E-state index in [1.807, 2.05) is 6.07 Å². The fourth-order valence-corrected chi connectivity index (χ4v) is 4.86. The first-order valence-corrected chi connectivity index (χ1v) is 12.2. The Kier molecular flexibility index (Phi) is 9.08. The molecule has 2 aliphatic heterocycles. The zero-order valence-electron chi connectivity index (χ0n) is 19.8. The molecule has 12 heteroatoms. The number of nitrogens with zero attached hydrogens (tertiary/aromatic N) is 1. The minimum Gasteiger partial charge on any atom is -0.431 e. The van der Waals surface area contributed by atoms with E-state index in [4.69, 9.17) is 14.2 Å². The largest absolute Gasteiger partial charge is 0.511 e. The molecule has 3 rings (SSSR count). The van der Waals surface area contributed by atoms with E-state index in [9.17, 15) is 28.0 Å². The van der Waals surface area contributed by atoms with Gasteiger partial charge in [0.15, 0.2) is 0 Å². The molecular weight excluding hydrogens is 498 g/mol. The topological polar surface area (TPSA) is 111 Å². The second kappa shape index (κ2) is 12.0. The molecule has 0 saturated carbocycles. The van der Waals surface area contributed by atoms with Gasteiger partial charge >= 0.3 is 12.1 Å². The van der Waals surface area contributed by atoms with Gasteiger partial charge in [-0.1, -0.05) is 36.4 Å². The number of halogens is 2. The normalized spacial score (nSPS) is 20.2. The lowest BCUT2D eigenvalue weighted by atomic mass is 10.0. The summed E-state index contributed by atoms with van der Waals surface area (Å²) in [7, 11) is 0. The van der Waals surface area contributed by atoms with Crippen LogP contribution < -0.4 is 5.32 Å². The molecule has 1 aromatic carbocycles. The Morgan fingerprint density at radius 1 is 1.14 bits per heavy atom. The van der Waals surface area contributed by atoms with Crippen molar-refractivity contribution in [2.75, 3.05) is 5.75 Å². The minimum absolute atomic E-state index is 0.0659. The molecule has 1 fully saturated rings. The summed E-state index contributed by atoms with van der Waals surface area (Å²) in [6.07, 6.45) is -3.96. The van der Waals surface area contributed by atoms with Gasteiger partial charge in [-0.2, -0.15) is 0 Å². The summed E-state index contributed by atoms with van der Waals surface area (Å²) in [6, 6.07) is 8.06. The number of carbonyl (C=O) groups excluding carboxylic acids is 4. The van der Waals surface area contributed by atoms with Gasteiger partial charge in [0.1, 0.15) is 17.1 Å². The molecule has 0 spiro atoms. The van der Waals surface area contributed by atoms with Crippen LogP contribution in [0.25, 0.3) is 0 Å². The number of rotatable bonds is 9. The van der Waals surface area contributed by atoms with E-state index in [0.717, 1.165) is 16.5 Å². The molecule has 2 amide bonds. The van der Waals surface area contributed by atoms with E-state index >= 15 is 0 Å². The molecule has 1 saturated heterocycles. The molecule has 1 unspecified atom stereocenters. The monoisotopic (exact) mass is 524 g/mol. The molecule has 0 aliphatic carbocycles. The third kappa shape index (κ3) is 6.84. The van der Waals surface area contributed by atoms with Crippen molar-refractivity contribution in [2.45, 2.75) is 57.4 Å². The van der Waals surface area contributed by atoms with Crippen LogP contribution in [0.15, 0.2) is 53.8 Å². The maximum absolute atomic E-state index is 12.9. The van der Waals surface area contributed by atoms with Crippen LogP contribution in [-0.4, -0.2) is 64.8 Å². The van der Waals surface area contributed by atoms with Gasteiger partial charge in [-0.3, -0.25) is 14.5 Å². The van der Waals surface area contributed by atoms with Crippen LogP contribution in [0.4, 0.5) is 13.6 Å². The Bertz CT molecular complexity index is 1060. The average molecular weight is 525 g/mol. The van der Waals surface area contributed by atoms with Crippen LogP contribution in [0.1, 0.15) is 26.3 Å². The molecular formula is C24H26F2N2O7S. The summed E-state index contributed by atoms with van der Waals surface area (Å²) in [5.41, 5.74) is 0.659. The van der Waals surface area contributed by atoms with Crippen molar-refractivity contribution in [3.63, 3.8) is 0 Å². The number of hydrogen-bond acceptors (Lipinski definition) is 8. The molecule has 9 nitrogen and oxygen atoms in total. The first-order valence-electron chi connectivity index (χ1n) is 11.1. The number of alkyl halides is 2. The minimum atomic E-state index is -2.78. The molecule has 3 atom stereocenters. The Balaban J connectivity index is 1.73. The van der Waals surface area contributed by atoms with Gasteiger partial charge < -0.3 is 19.5 Å². The van der Waals surface area contributed by atoms with Gasteiger partial charge in [-0.15, -0.1) is 11.8 Å². The standard InChI is InChI=1S/C24H26F2N2O7S/c1-13(2)33-24(32)35-14(3)34-23(31)20-16(9-10-17(25)26)12-36-22-19(21(30)28(20)22)27-18(29)11-15-7-5-4-6-8-15/h4-10,13-14,17,19,22H,11-12H2,1-3H3,(H,27,29)/b10-9-/t14?,19-,22-/m1/s1. The number of carbonyl (C=O) groups is 4. The number of nitrogens with one attached hydrogen (secondary N) is 1. The summed E-state index contributed by atoms with van der Waals surface area (Å²) in [5, 5.41) is 2.04. The third-order valence-electron chi connectivity index (χ3n) is 5.03. The molecule has 36 heavy (non-hydrogen) atoms. The van der Waals surface area contributed by atoms with Crippen molar-refractivity contribution in [3.8, 4) is 0 Å². The average Bonchev–Trinajstić information content (AvgIpc) is 2.80. The molecule has 0 bridgehead atoms. The maximum Gasteiger partial charge on any atom is 0.511 e. The summed E-state index contributed by atoms with van der Waals surface area (Å²) in [5.74, 6) is -1.89. The number of thioether (sulfide) groups is 1. The lowest BCUT2D eigenvalue weighted by Gasteiger charge is -2.49. The molecule has 0 radical (unpaired) electrons. The summed E-state index contributed by atoms with van der Waals surface area (Å²) in [4.78, 5) is 51.1. The molecule has 1 N–H and O–H groups in total. The summed E-state index contributed by atoms with van der Waals surface area (Å²) < 4.78 is 40.4. The van der Waals surface area contributed by atoms with E-state index in [2.05, 4.69) is 5.32 Å². The van der Waals surface area contributed by atoms with Gasteiger partial charge in [0, 0.05) is 12.7 Å². The highest BCUT2D eigenvalue weighted by molar-refractivity contribution is 8.00. The second-order valence-corrected chi connectivity index (χ2v) is 9.30. The van der Waals surface area contributed by atoms with E-state index in [0.29, 0.717) is 6.08 Å². The van der Waals surface area contributed by atoms with Gasteiger partial charge in [-0.05, 0) is 31.1 Å². The van der Waals surface area contributed by atoms with E-state index in [-0.39, 0.29) is 29.4 Å². The van der Waals surface area contributed by atoms with Crippen molar-refractivity contribution in [2.24, 2.45) is 0 Å². The summed E-state index contributed by atoms with van der Waals surface area (Å²) in [6.45, 7) is 4.48. The van der Waals surface area contributed by atoms with Crippen LogP contribution in [-0.2, 0) is 35.0 Å². The van der Waals surface area contributed by atoms with Crippen LogP contribution in [0.3, 0.4) is 0 Å². The van der Waals surface area contributed by atoms with E-state index in [1.54, 1.807) is 38.1 Å². The highest BCUT2D eigenvalue weighted by Gasteiger charge is 2.54. The SMILES string of the molecule is CC(C)OC(=O)OC(C)OC(=O)C1=C(/C=C\C(F)F)CS[C@@H]2[C@H](NC(=O)Cc3ccccc3)C(=O)N12. The molecule has 2 heterocycles. The van der Waals surface area contributed by atoms with Gasteiger partial charge in [0.25, 0.3) is 12.3 Å². The molecule has 194 valence electrons. The number of hydrogen-bond donors (Lipinski definition) is 1. The Labute approximate surface area is 210 Å². The molecule has 0 aromatic heterocycles. The van der Waals surface area contributed by atoms with E-state index in [1.165, 1.54) is 18.7 Å². The quantitative estimate of drug-likeness (QED) is 0.298. The number of esters is 1. The second-order valence-electron chi connectivity index (χ2n) is 8.19. The van der Waals surface area contributed by atoms with Crippen molar-refractivity contribution in [1.82, 2.24) is 10.2 Å². The Morgan fingerprint density at radius 2 is 1.83 bits per heavy atom. The van der Waals surface area contributed by atoms with Crippen LogP contribution in [0, 0.1) is 0 Å². The van der Waals surface area contributed by atoms with Crippen LogP contribution in [0.5, 0.6) is 0 Å². The van der Waals surface area contributed by atoms with Crippen LogP contribution in [0.2, 0.25) is 0 Å². The van der Waals surface area contributed by atoms with Gasteiger partial charge in [0.2, 0.25) is 12.2 Å². The number of β-lactam (4-membered cyclic amide) rings is 1. The first-order chi connectivity index (χ1) is 17.1. The number of fused-ring (bicyclic) bond motifs is 1. The number of allylic oxidation sites excluding steroid dienone is 2. The van der Waals surface area contributed by atoms with Crippen molar-refractivity contribution in [3.05, 3.63) is 59.3 Å². The zero-order chi connectivity index (χ0) is 26.4. The maximum atomic E-state index is 12.9. The lowest BCUT2D eigenvalue weighted by molar-refractivity contribution is -0.169. The fourth-order valence-electron chi connectivity index (χ4n) is 3.54. The highest BCUT2D eigenvalue weighted by atomic mass is 32.2. The third-order valence-corrected chi connectivity index (χ3v) is 6.33. The smallest absolute Gasteiger partial charge is 0.431 e.